The average Bonchev–Trinajstić information content (AvgIpc) is 2.26. The van der Waals surface area contributed by atoms with E-state index < -0.39 is 16.0 Å². The normalized spacial score (nSPS) is 30.0. The van der Waals surface area contributed by atoms with Crippen LogP contribution in [0.5, 0.6) is 5.75 Å². The molecule has 4 heteroatoms. The SMILES string of the molecule is CC1(C)Oc2ccc(C#N)cc2C(O)C1(C)Br. The Balaban J connectivity index is 2.59. The number of rotatable bonds is 0. The van der Waals surface area contributed by atoms with Crippen LogP contribution in [0, 0.1) is 11.3 Å². The van der Waals surface area contributed by atoms with Gasteiger partial charge in [-0.3, -0.25) is 0 Å². The Hall–Kier alpha value is -1.05. The van der Waals surface area contributed by atoms with Gasteiger partial charge in [-0.1, -0.05) is 15.9 Å². The number of alkyl halides is 1. The summed E-state index contributed by atoms with van der Waals surface area (Å²) in [5.41, 5.74) is 0.644. The van der Waals surface area contributed by atoms with Crippen LogP contribution in [0.2, 0.25) is 0 Å². The molecular weight excluding hydrogens is 282 g/mol. The molecule has 0 fully saturated rings. The van der Waals surface area contributed by atoms with Crippen LogP contribution in [0.25, 0.3) is 0 Å². The molecule has 17 heavy (non-hydrogen) atoms. The second-order valence-corrected chi connectivity index (χ2v) is 6.60. The minimum absolute atomic E-state index is 0.523. The summed E-state index contributed by atoms with van der Waals surface area (Å²) in [6, 6.07) is 7.17. The maximum atomic E-state index is 10.4. The Labute approximate surface area is 109 Å². The van der Waals surface area contributed by atoms with Gasteiger partial charge in [0.2, 0.25) is 0 Å². The molecule has 1 aliphatic rings. The van der Waals surface area contributed by atoms with Crippen molar-refractivity contribution in [3.05, 3.63) is 29.3 Å². The third-order valence-corrected chi connectivity index (χ3v) is 4.88. The molecule has 2 atom stereocenters. The first kappa shape index (κ1) is 12.4. The van der Waals surface area contributed by atoms with E-state index in [0.717, 1.165) is 0 Å². The number of nitrogens with zero attached hydrogens (tertiary/aromatic N) is 1. The number of fused-ring (bicyclic) bond motifs is 1. The minimum atomic E-state index is -0.713. The lowest BCUT2D eigenvalue weighted by Crippen LogP contribution is -2.54. The highest BCUT2D eigenvalue weighted by atomic mass is 79.9. The van der Waals surface area contributed by atoms with Gasteiger partial charge in [-0.25, -0.2) is 0 Å². The molecule has 0 aromatic heterocycles. The fourth-order valence-corrected chi connectivity index (χ4v) is 2.25. The lowest BCUT2D eigenvalue weighted by Gasteiger charge is -2.47. The van der Waals surface area contributed by atoms with E-state index in [9.17, 15) is 5.11 Å². The van der Waals surface area contributed by atoms with Gasteiger partial charge in [0, 0.05) is 5.56 Å². The lowest BCUT2D eigenvalue weighted by atomic mass is 9.81. The van der Waals surface area contributed by atoms with Crippen LogP contribution in [0.3, 0.4) is 0 Å². The van der Waals surface area contributed by atoms with E-state index in [1.165, 1.54) is 0 Å². The third-order valence-electron chi connectivity index (χ3n) is 3.49. The van der Waals surface area contributed by atoms with Crippen LogP contribution in [-0.2, 0) is 0 Å². The molecule has 2 unspecified atom stereocenters. The van der Waals surface area contributed by atoms with E-state index in [4.69, 9.17) is 10.00 Å². The highest BCUT2D eigenvalue weighted by molar-refractivity contribution is 9.10. The number of ether oxygens (including phenoxy) is 1. The van der Waals surface area contributed by atoms with Gasteiger partial charge in [0.05, 0.1) is 16.0 Å². The number of benzene rings is 1. The van der Waals surface area contributed by atoms with E-state index in [1.54, 1.807) is 18.2 Å². The van der Waals surface area contributed by atoms with Gasteiger partial charge in [0.25, 0.3) is 0 Å². The molecular formula is C13H14BrNO2. The molecule has 90 valence electrons. The second kappa shape index (κ2) is 3.72. The average molecular weight is 296 g/mol. The Morgan fingerprint density at radius 1 is 1.41 bits per heavy atom. The Bertz CT molecular complexity index is 503. The number of hydrogen-bond donors (Lipinski definition) is 1. The quantitative estimate of drug-likeness (QED) is 0.749. The summed E-state index contributed by atoms with van der Waals surface area (Å²) in [6.07, 6.45) is -0.713. The summed E-state index contributed by atoms with van der Waals surface area (Å²) in [4.78, 5) is 0. The summed E-state index contributed by atoms with van der Waals surface area (Å²) in [7, 11) is 0. The van der Waals surface area contributed by atoms with Gasteiger partial charge in [0.1, 0.15) is 17.5 Å². The maximum absolute atomic E-state index is 10.4. The molecule has 0 radical (unpaired) electrons. The van der Waals surface area contributed by atoms with Crippen LogP contribution in [0.15, 0.2) is 18.2 Å². The van der Waals surface area contributed by atoms with E-state index >= 15 is 0 Å². The largest absolute Gasteiger partial charge is 0.486 e. The Morgan fingerprint density at radius 3 is 2.65 bits per heavy atom. The highest BCUT2D eigenvalue weighted by Crippen LogP contribution is 2.50. The van der Waals surface area contributed by atoms with E-state index in [-0.39, 0.29) is 0 Å². The van der Waals surface area contributed by atoms with Gasteiger partial charge >= 0.3 is 0 Å². The predicted molar refractivity (Wildman–Crippen MR) is 68.2 cm³/mol. The van der Waals surface area contributed by atoms with Crippen molar-refractivity contribution in [1.29, 1.82) is 5.26 Å². The first-order valence-corrected chi connectivity index (χ1v) is 6.19. The standard InChI is InChI=1S/C13H14BrNO2/c1-12(2)13(3,14)11(16)9-6-8(7-15)4-5-10(9)17-12/h4-6,11,16H,1-3H3. The molecule has 1 N–H and O–H groups in total. The van der Waals surface area contributed by atoms with Crippen molar-refractivity contribution in [3.8, 4) is 11.8 Å². The van der Waals surface area contributed by atoms with Gasteiger partial charge in [-0.15, -0.1) is 0 Å². The number of hydrogen-bond acceptors (Lipinski definition) is 3. The minimum Gasteiger partial charge on any atom is -0.486 e. The van der Waals surface area contributed by atoms with Crippen LogP contribution < -0.4 is 4.74 Å². The zero-order valence-corrected chi connectivity index (χ0v) is 11.6. The van der Waals surface area contributed by atoms with Crippen LogP contribution in [0.4, 0.5) is 0 Å². The van der Waals surface area contributed by atoms with Gasteiger partial charge in [-0.2, -0.15) is 5.26 Å². The fourth-order valence-electron chi connectivity index (χ4n) is 1.92. The monoisotopic (exact) mass is 295 g/mol. The topological polar surface area (TPSA) is 53.2 Å². The molecule has 0 spiro atoms. The number of aliphatic hydroxyl groups is 1. The lowest BCUT2D eigenvalue weighted by molar-refractivity contribution is -0.0200. The van der Waals surface area contributed by atoms with Crippen molar-refractivity contribution < 1.29 is 9.84 Å². The summed E-state index contributed by atoms with van der Waals surface area (Å²) in [5.74, 6) is 0.637. The smallest absolute Gasteiger partial charge is 0.126 e. The zero-order valence-electron chi connectivity index (χ0n) is 9.99. The van der Waals surface area contributed by atoms with Crippen molar-refractivity contribution >= 4 is 15.9 Å². The summed E-state index contributed by atoms with van der Waals surface area (Å²) >= 11 is 3.54. The molecule has 0 aliphatic carbocycles. The predicted octanol–water partition coefficient (Wildman–Crippen LogP) is 2.92. The Morgan fingerprint density at radius 2 is 2.06 bits per heavy atom. The summed E-state index contributed by atoms with van der Waals surface area (Å²) in [5, 5.41) is 19.3. The van der Waals surface area contributed by atoms with Crippen LogP contribution >= 0.6 is 15.9 Å². The molecule has 3 nitrogen and oxygen atoms in total. The van der Waals surface area contributed by atoms with Gasteiger partial charge < -0.3 is 9.84 Å². The van der Waals surface area contributed by atoms with Crippen LogP contribution in [0.1, 0.15) is 38.0 Å². The molecule has 1 aromatic rings. The summed E-state index contributed by atoms with van der Waals surface area (Å²) < 4.78 is 5.29. The number of aliphatic hydroxyl groups excluding tert-OH is 1. The highest BCUT2D eigenvalue weighted by Gasteiger charge is 2.51. The molecule has 2 rings (SSSR count). The maximum Gasteiger partial charge on any atom is 0.126 e. The van der Waals surface area contributed by atoms with Crippen molar-refractivity contribution in [2.45, 2.75) is 36.8 Å². The number of nitriles is 1. The van der Waals surface area contributed by atoms with E-state index in [1.807, 2.05) is 20.8 Å². The first-order chi connectivity index (χ1) is 7.79. The molecule has 0 bridgehead atoms. The van der Waals surface area contributed by atoms with Crippen molar-refractivity contribution in [2.75, 3.05) is 0 Å². The molecule has 1 heterocycles. The van der Waals surface area contributed by atoms with Gasteiger partial charge in [-0.05, 0) is 39.0 Å². The molecule has 0 amide bonds. The molecule has 0 saturated heterocycles. The van der Waals surface area contributed by atoms with Crippen molar-refractivity contribution in [2.24, 2.45) is 0 Å². The van der Waals surface area contributed by atoms with E-state index in [2.05, 4.69) is 22.0 Å². The van der Waals surface area contributed by atoms with Crippen molar-refractivity contribution in [3.63, 3.8) is 0 Å². The fraction of sp³-hybridized carbons (Fsp3) is 0.462. The Kier molecular flexibility index (Phi) is 2.72. The van der Waals surface area contributed by atoms with Crippen molar-refractivity contribution in [1.82, 2.24) is 0 Å². The second-order valence-electron chi connectivity index (χ2n) is 4.95. The molecule has 1 aliphatic heterocycles. The first-order valence-electron chi connectivity index (χ1n) is 5.39. The van der Waals surface area contributed by atoms with Crippen LogP contribution in [-0.4, -0.2) is 15.0 Å². The summed E-state index contributed by atoms with van der Waals surface area (Å²) in [6.45, 7) is 5.73. The number of halogens is 1. The zero-order chi connectivity index (χ0) is 12.8. The molecule has 1 aromatic carbocycles. The molecule has 0 saturated carbocycles. The van der Waals surface area contributed by atoms with Gasteiger partial charge in [0.15, 0.2) is 0 Å². The third kappa shape index (κ3) is 1.74. The van der Waals surface area contributed by atoms with E-state index in [0.29, 0.717) is 16.9 Å².